The smallest absolute Gasteiger partial charge is 0.250 e. The van der Waals surface area contributed by atoms with Crippen LogP contribution in [0.1, 0.15) is 39.5 Å². The number of carbonyl (C=O) groups excluding carboxylic acids is 3. The van der Waals surface area contributed by atoms with Gasteiger partial charge in [-0.1, -0.05) is 13.8 Å². The van der Waals surface area contributed by atoms with Gasteiger partial charge in [0.1, 0.15) is 17.4 Å². The van der Waals surface area contributed by atoms with Crippen molar-refractivity contribution < 1.29 is 29.0 Å². The van der Waals surface area contributed by atoms with E-state index in [-0.39, 0.29) is 30.4 Å². The minimum absolute atomic E-state index is 0.199. The lowest BCUT2D eigenvalue weighted by molar-refractivity contribution is -0.144. The minimum Gasteiger partial charge on any atom is -0.497 e. The average Bonchev–Trinajstić information content (AvgIpc) is 3.46. The largest absolute Gasteiger partial charge is 0.497 e. The van der Waals surface area contributed by atoms with Gasteiger partial charge in [0.05, 0.1) is 37.7 Å². The molecule has 3 saturated heterocycles. The molecule has 33 heavy (non-hydrogen) atoms. The Bertz CT molecular complexity index is 902. The minimum atomic E-state index is -1.07. The number of likely N-dealkylation sites (tertiary alicyclic amines) is 1. The number of aliphatic hydroxyl groups is 1. The van der Waals surface area contributed by atoms with E-state index in [1.807, 2.05) is 13.8 Å². The van der Waals surface area contributed by atoms with Crippen molar-refractivity contribution in [3.8, 4) is 5.75 Å². The fourth-order valence-electron chi connectivity index (χ4n) is 5.75. The molecule has 1 aromatic rings. The number of aliphatic hydroxyl groups excluding tert-OH is 1. The molecule has 2 bridgehead atoms. The summed E-state index contributed by atoms with van der Waals surface area (Å²) in [5.74, 6) is -1.57. The van der Waals surface area contributed by atoms with Crippen LogP contribution in [0.3, 0.4) is 0 Å². The molecule has 6 atom stereocenters. The van der Waals surface area contributed by atoms with Gasteiger partial charge in [-0.15, -0.1) is 0 Å². The van der Waals surface area contributed by atoms with E-state index in [2.05, 4.69) is 10.6 Å². The van der Waals surface area contributed by atoms with Crippen LogP contribution in [0.4, 0.5) is 5.69 Å². The van der Waals surface area contributed by atoms with Gasteiger partial charge in [0.2, 0.25) is 17.7 Å². The van der Waals surface area contributed by atoms with Gasteiger partial charge < -0.3 is 30.1 Å². The highest BCUT2D eigenvalue weighted by Crippen LogP contribution is 2.58. The quantitative estimate of drug-likeness (QED) is 0.513. The number of ether oxygens (including phenoxy) is 2. The molecule has 0 saturated carbocycles. The van der Waals surface area contributed by atoms with Gasteiger partial charge in [-0.25, -0.2) is 0 Å². The predicted molar refractivity (Wildman–Crippen MR) is 121 cm³/mol. The topological polar surface area (TPSA) is 117 Å². The molecule has 3 aliphatic rings. The summed E-state index contributed by atoms with van der Waals surface area (Å²) in [5, 5.41) is 15.8. The van der Waals surface area contributed by atoms with Gasteiger partial charge in [0.15, 0.2) is 0 Å². The molecule has 4 rings (SSSR count). The number of nitrogens with one attached hydrogen (secondary N) is 2. The first-order valence-corrected chi connectivity index (χ1v) is 11.7. The maximum atomic E-state index is 13.7. The number of benzene rings is 1. The zero-order chi connectivity index (χ0) is 23.8. The van der Waals surface area contributed by atoms with Gasteiger partial charge >= 0.3 is 0 Å². The van der Waals surface area contributed by atoms with Crippen molar-refractivity contribution in [3.05, 3.63) is 24.3 Å². The van der Waals surface area contributed by atoms with Gasteiger partial charge in [-0.3, -0.25) is 14.4 Å². The van der Waals surface area contributed by atoms with Crippen LogP contribution in [-0.4, -0.2) is 71.8 Å². The van der Waals surface area contributed by atoms with E-state index in [1.165, 1.54) is 4.90 Å². The second-order valence-corrected chi connectivity index (χ2v) is 9.05. The molecule has 9 nitrogen and oxygen atoms in total. The summed E-state index contributed by atoms with van der Waals surface area (Å²) in [6, 6.07) is 5.47. The van der Waals surface area contributed by atoms with E-state index >= 15 is 0 Å². The Labute approximate surface area is 193 Å². The maximum absolute atomic E-state index is 13.7. The van der Waals surface area contributed by atoms with Crippen molar-refractivity contribution in [3.63, 3.8) is 0 Å². The maximum Gasteiger partial charge on any atom is 0.250 e. The van der Waals surface area contributed by atoms with Crippen LogP contribution in [0, 0.1) is 11.8 Å². The Balaban J connectivity index is 1.68. The normalized spacial score (nSPS) is 30.8. The molecule has 0 radical (unpaired) electrons. The number of nitrogens with zero attached hydrogens (tertiary/aromatic N) is 1. The van der Waals surface area contributed by atoms with Gasteiger partial charge in [0, 0.05) is 12.2 Å². The highest BCUT2D eigenvalue weighted by Gasteiger charge is 2.74. The Kier molecular flexibility index (Phi) is 6.63. The van der Waals surface area contributed by atoms with Crippen LogP contribution in [0.15, 0.2) is 24.3 Å². The van der Waals surface area contributed by atoms with Crippen LogP contribution >= 0.6 is 0 Å². The molecule has 0 aliphatic carbocycles. The third-order valence-electron chi connectivity index (χ3n) is 7.27. The first kappa shape index (κ1) is 23.5. The van der Waals surface area contributed by atoms with Crippen molar-refractivity contribution in [2.75, 3.05) is 25.6 Å². The molecule has 180 valence electrons. The van der Waals surface area contributed by atoms with Crippen LogP contribution < -0.4 is 15.4 Å². The van der Waals surface area contributed by atoms with E-state index < -0.39 is 29.5 Å². The standard InChI is InChI=1S/C24H33N3O6/c1-4-12-25-21(29)18-17-10-11-24(33-17)19(18)23(31)27(15(5-2)13-28)20(24)22(30)26-14-6-8-16(32-3)9-7-14/h6-9,15,17-20,28H,4-5,10-13H2,1-3H3,(H,25,29)(H,26,30)/t15-,17+,18-,19-,20?,24?/m0/s1. The second kappa shape index (κ2) is 9.30. The third-order valence-corrected chi connectivity index (χ3v) is 7.27. The van der Waals surface area contributed by atoms with Crippen molar-refractivity contribution in [1.82, 2.24) is 10.2 Å². The van der Waals surface area contributed by atoms with Crippen molar-refractivity contribution >= 4 is 23.4 Å². The summed E-state index contributed by atoms with van der Waals surface area (Å²) in [5.41, 5.74) is -0.510. The van der Waals surface area contributed by atoms with Crippen LogP contribution in [0.5, 0.6) is 5.75 Å². The Morgan fingerprint density at radius 3 is 2.61 bits per heavy atom. The molecule has 9 heteroatoms. The molecular formula is C24H33N3O6. The van der Waals surface area contributed by atoms with Crippen molar-refractivity contribution in [1.29, 1.82) is 0 Å². The van der Waals surface area contributed by atoms with Gasteiger partial charge in [0.25, 0.3) is 0 Å². The Morgan fingerprint density at radius 1 is 1.27 bits per heavy atom. The van der Waals surface area contributed by atoms with Crippen LogP contribution in [0.25, 0.3) is 0 Å². The second-order valence-electron chi connectivity index (χ2n) is 9.05. The highest BCUT2D eigenvalue weighted by atomic mass is 16.5. The lowest BCUT2D eigenvalue weighted by Crippen LogP contribution is -2.56. The fraction of sp³-hybridized carbons (Fsp3) is 0.625. The first-order valence-electron chi connectivity index (χ1n) is 11.7. The number of hydrogen-bond acceptors (Lipinski definition) is 6. The Hall–Kier alpha value is -2.65. The zero-order valence-corrected chi connectivity index (χ0v) is 19.4. The van der Waals surface area contributed by atoms with E-state index in [0.717, 1.165) is 6.42 Å². The molecule has 1 spiro atoms. The van der Waals surface area contributed by atoms with Crippen molar-refractivity contribution in [2.45, 2.75) is 63.3 Å². The molecule has 0 aromatic heterocycles. The molecule has 2 unspecified atom stereocenters. The lowest BCUT2D eigenvalue weighted by atomic mass is 9.70. The number of amides is 3. The molecule has 1 aromatic carbocycles. The monoisotopic (exact) mass is 459 g/mol. The van der Waals surface area contributed by atoms with E-state index in [1.54, 1.807) is 31.4 Å². The predicted octanol–water partition coefficient (Wildman–Crippen LogP) is 1.31. The number of carbonyl (C=O) groups is 3. The molecule has 3 N–H and O–H groups in total. The molecular weight excluding hydrogens is 426 g/mol. The average molecular weight is 460 g/mol. The molecule has 3 fully saturated rings. The van der Waals surface area contributed by atoms with Crippen LogP contribution in [0.2, 0.25) is 0 Å². The summed E-state index contributed by atoms with van der Waals surface area (Å²) in [4.78, 5) is 41.8. The summed E-state index contributed by atoms with van der Waals surface area (Å²) in [6.45, 7) is 4.08. The molecule has 3 heterocycles. The third kappa shape index (κ3) is 3.77. The number of anilines is 1. The number of rotatable bonds is 9. The first-order chi connectivity index (χ1) is 15.9. The zero-order valence-electron chi connectivity index (χ0n) is 19.4. The SMILES string of the molecule is CCCNC(=O)[C@@H]1[C@H]2C(=O)N([C@@H](CC)CO)C(C(=O)Nc3ccc(OC)cc3)C23CC[C@H]1O3. The number of fused-ring (bicyclic) bond motifs is 1. The van der Waals surface area contributed by atoms with E-state index in [0.29, 0.717) is 37.2 Å². The number of hydrogen-bond donors (Lipinski definition) is 3. The van der Waals surface area contributed by atoms with Crippen LogP contribution in [-0.2, 0) is 19.1 Å². The van der Waals surface area contributed by atoms with Gasteiger partial charge in [-0.2, -0.15) is 0 Å². The summed E-state index contributed by atoms with van der Waals surface area (Å²) >= 11 is 0. The lowest BCUT2D eigenvalue weighted by Gasteiger charge is -2.36. The van der Waals surface area contributed by atoms with E-state index in [9.17, 15) is 19.5 Å². The summed E-state index contributed by atoms with van der Waals surface area (Å²) in [7, 11) is 1.57. The summed E-state index contributed by atoms with van der Waals surface area (Å²) < 4.78 is 11.5. The Morgan fingerprint density at radius 2 is 2.00 bits per heavy atom. The number of methoxy groups -OCH3 is 1. The molecule has 3 aliphatic heterocycles. The van der Waals surface area contributed by atoms with E-state index in [4.69, 9.17) is 9.47 Å². The fourth-order valence-corrected chi connectivity index (χ4v) is 5.75. The highest BCUT2D eigenvalue weighted by molar-refractivity contribution is 6.03. The molecule has 3 amide bonds. The van der Waals surface area contributed by atoms with Crippen molar-refractivity contribution in [2.24, 2.45) is 11.8 Å². The van der Waals surface area contributed by atoms with Gasteiger partial charge in [-0.05, 0) is 49.9 Å². The summed E-state index contributed by atoms with van der Waals surface area (Å²) in [6.07, 6.45) is 2.01.